The average molecular weight is 360 g/mol. The van der Waals surface area contributed by atoms with E-state index in [1.807, 2.05) is 41.8 Å². The summed E-state index contributed by atoms with van der Waals surface area (Å²) < 4.78 is 6.88. The molecule has 2 aromatic carbocycles. The third kappa shape index (κ3) is 3.03. The lowest BCUT2D eigenvalue weighted by atomic mass is 9.98. The van der Waals surface area contributed by atoms with Crippen molar-refractivity contribution in [2.75, 3.05) is 7.11 Å². The summed E-state index contributed by atoms with van der Waals surface area (Å²) in [6.07, 6.45) is 0.109. The molecule has 1 aliphatic heterocycles. The molecule has 0 saturated heterocycles. The van der Waals surface area contributed by atoms with Crippen LogP contribution in [0.5, 0.6) is 0 Å². The predicted octanol–water partition coefficient (Wildman–Crippen LogP) is 3.34. The van der Waals surface area contributed by atoms with Crippen LogP contribution in [-0.4, -0.2) is 33.6 Å². The van der Waals surface area contributed by atoms with Gasteiger partial charge in [0.15, 0.2) is 5.82 Å². The Labute approximate surface area is 157 Å². The van der Waals surface area contributed by atoms with Crippen molar-refractivity contribution < 1.29 is 9.53 Å². The van der Waals surface area contributed by atoms with Gasteiger partial charge in [-0.25, -0.2) is 0 Å². The van der Waals surface area contributed by atoms with E-state index in [1.165, 1.54) is 7.11 Å². The van der Waals surface area contributed by atoms with Crippen molar-refractivity contribution >= 4 is 11.7 Å². The number of benzene rings is 2. The van der Waals surface area contributed by atoms with Crippen molar-refractivity contribution in [2.24, 2.45) is 4.99 Å². The highest BCUT2D eigenvalue weighted by Gasteiger charge is 2.29. The molecule has 0 saturated carbocycles. The van der Waals surface area contributed by atoms with Crippen LogP contribution in [0.25, 0.3) is 5.69 Å². The Hall–Kier alpha value is -3.28. The van der Waals surface area contributed by atoms with E-state index in [2.05, 4.69) is 35.3 Å². The van der Waals surface area contributed by atoms with E-state index < -0.39 is 6.04 Å². The molecule has 0 radical (unpaired) electrons. The van der Waals surface area contributed by atoms with E-state index in [0.29, 0.717) is 5.82 Å². The fraction of sp³-hybridized carbons (Fsp3) is 0.238. The molecule has 0 N–H and O–H groups in total. The third-order valence-electron chi connectivity index (χ3n) is 4.72. The Balaban J connectivity index is 2.00. The van der Waals surface area contributed by atoms with Crippen LogP contribution < -0.4 is 0 Å². The maximum Gasteiger partial charge on any atom is 0.308 e. The van der Waals surface area contributed by atoms with Gasteiger partial charge in [-0.3, -0.25) is 14.4 Å². The first-order valence-electron chi connectivity index (χ1n) is 8.82. The molecular weight excluding hydrogens is 340 g/mol. The lowest BCUT2D eigenvalue weighted by Crippen LogP contribution is -2.12. The molecule has 0 fully saturated rings. The standard InChI is InChI=1S/C21H20N4O2/c1-13-9-10-18-16(11-13)20(15-7-5-4-6-8-15)22-17(12-19(26)27-3)21-24-23-14(2)25(18)21/h4-11,17H,12H2,1-3H3/t17-/m0/s1. The van der Waals surface area contributed by atoms with Gasteiger partial charge in [0.1, 0.15) is 11.9 Å². The quantitative estimate of drug-likeness (QED) is 0.672. The van der Waals surface area contributed by atoms with Crippen molar-refractivity contribution in [2.45, 2.75) is 26.3 Å². The van der Waals surface area contributed by atoms with Gasteiger partial charge in [-0.2, -0.15) is 0 Å². The first kappa shape index (κ1) is 17.1. The molecule has 0 spiro atoms. The first-order chi connectivity index (χ1) is 13.1. The second kappa shape index (κ2) is 6.79. The van der Waals surface area contributed by atoms with Crippen LogP contribution in [0.15, 0.2) is 53.5 Å². The summed E-state index contributed by atoms with van der Waals surface area (Å²) in [6, 6.07) is 15.8. The number of hydrogen-bond acceptors (Lipinski definition) is 5. The molecule has 4 rings (SSSR count). The van der Waals surface area contributed by atoms with Crippen molar-refractivity contribution in [1.29, 1.82) is 0 Å². The van der Waals surface area contributed by atoms with E-state index in [0.717, 1.165) is 33.9 Å². The summed E-state index contributed by atoms with van der Waals surface area (Å²) in [5, 5.41) is 8.57. The average Bonchev–Trinajstić information content (AvgIpc) is 3.00. The number of carbonyl (C=O) groups is 1. The summed E-state index contributed by atoms with van der Waals surface area (Å²) in [5.41, 5.74) is 4.94. The van der Waals surface area contributed by atoms with Gasteiger partial charge in [0, 0.05) is 11.1 Å². The highest BCUT2D eigenvalue weighted by molar-refractivity contribution is 6.15. The topological polar surface area (TPSA) is 69.4 Å². The fourth-order valence-electron chi connectivity index (χ4n) is 3.41. The lowest BCUT2D eigenvalue weighted by Gasteiger charge is -2.13. The van der Waals surface area contributed by atoms with Crippen molar-refractivity contribution in [3.63, 3.8) is 0 Å². The number of methoxy groups -OCH3 is 1. The van der Waals surface area contributed by atoms with Crippen LogP contribution in [0.3, 0.4) is 0 Å². The molecule has 6 nitrogen and oxygen atoms in total. The zero-order valence-electron chi connectivity index (χ0n) is 15.5. The Morgan fingerprint density at radius 3 is 2.63 bits per heavy atom. The molecule has 1 atom stereocenters. The Morgan fingerprint density at radius 1 is 1.11 bits per heavy atom. The molecule has 1 aliphatic rings. The summed E-state index contributed by atoms with van der Waals surface area (Å²) in [4.78, 5) is 17.0. The predicted molar refractivity (Wildman–Crippen MR) is 102 cm³/mol. The number of nitrogens with zero attached hydrogens (tertiary/aromatic N) is 4. The van der Waals surface area contributed by atoms with Gasteiger partial charge >= 0.3 is 5.97 Å². The summed E-state index contributed by atoms with van der Waals surface area (Å²) in [7, 11) is 1.38. The molecular formula is C21H20N4O2. The molecule has 6 heteroatoms. The number of esters is 1. The number of aromatic nitrogens is 3. The molecule has 1 aromatic heterocycles. The minimum Gasteiger partial charge on any atom is -0.469 e. The van der Waals surface area contributed by atoms with Crippen LogP contribution in [0.1, 0.15) is 40.8 Å². The summed E-state index contributed by atoms with van der Waals surface area (Å²) >= 11 is 0. The van der Waals surface area contributed by atoms with Crippen LogP contribution in [-0.2, 0) is 9.53 Å². The van der Waals surface area contributed by atoms with Gasteiger partial charge in [-0.1, -0.05) is 42.0 Å². The van der Waals surface area contributed by atoms with E-state index in [1.54, 1.807) is 0 Å². The number of hydrogen-bond donors (Lipinski definition) is 0. The van der Waals surface area contributed by atoms with E-state index in [-0.39, 0.29) is 12.4 Å². The number of fused-ring (bicyclic) bond motifs is 3. The van der Waals surface area contributed by atoms with Crippen LogP contribution in [0.4, 0.5) is 0 Å². The highest BCUT2D eigenvalue weighted by Crippen LogP contribution is 2.33. The smallest absolute Gasteiger partial charge is 0.308 e. The van der Waals surface area contributed by atoms with Crippen LogP contribution in [0, 0.1) is 13.8 Å². The van der Waals surface area contributed by atoms with Crippen LogP contribution in [0.2, 0.25) is 0 Å². The van der Waals surface area contributed by atoms with E-state index >= 15 is 0 Å². The molecule has 0 aliphatic carbocycles. The number of carbonyl (C=O) groups excluding carboxylic acids is 1. The largest absolute Gasteiger partial charge is 0.469 e. The third-order valence-corrected chi connectivity index (χ3v) is 4.72. The number of aliphatic imine (C=N–C) groups is 1. The van der Waals surface area contributed by atoms with Crippen LogP contribution >= 0.6 is 0 Å². The number of ether oxygens (including phenoxy) is 1. The lowest BCUT2D eigenvalue weighted by molar-refractivity contribution is -0.141. The first-order valence-corrected chi connectivity index (χ1v) is 8.82. The summed E-state index contributed by atoms with van der Waals surface area (Å²) in [5.74, 6) is 1.08. The van der Waals surface area contributed by atoms with E-state index in [9.17, 15) is 4.79 Å². The summed E-state index contributed by atoms with van der Waals surface area (Å²) in [6.45, 7) is 3.96. The molecule has 0 bridgehead atoms. The maximum absolute atomic E-state index is 12.0. The zero-order valence-corrected chi connectivity index (χ0v) is 15.5. The molecule has 0 amide bonds. The highest BCUT2D eigenvalue weighted by atomic mass is 16.5. The SMILES string of the molecule is COC(=O)C[C@@H]1N=C(c2ccccc2)c2cc(C)ccc2-n2c(C)nnc21. The minimum absolute atomic E-state index is 0.109. The van der Waals surface area contributed by atoms with Gasteiger partial charge in [-0.15, -0.1) is 10.2 Å². The van der Waals surface area contributed by atoms with Gasteiger partial charge in [0.25, 0.3) is 0 Å². The second-order valence-electron chi connectivity index (χ2n) is 6.60. The number of aryl methyl sites for hydroxylation is 2. The molecule has 0 unspecified atom stereocenters. The Bertz CT molecular complexity index is 1040. The number of rotatable bonds is 3. The minimum atomic E-state index is -0.471. The zero-order chi connectivity index (χ0) is 19.0. The fourth-order valence-corrected chi connectivity index (χ4v) is 3.41. The normalized spacial score (nSPS) is 15.4. The van der Waals surface area contributed by atoms with Gasteiger partial charge < -0.3 is 4.74 Å². The molecule has 3 aromatic rings. The Kier molecular flexibility index (Phi) is 4.32. The second-order valence-corrected chi connectivity index (χ2v) is 6.60. The van der Waals surface area contributed by atoms with Gasteiger partial charge in [0.05, 0.1) is 24.9 Å². The molecule has 27 heavy (non-hydrogen) atoms. The van der Waals surface area contributed by atoms with E-state index in [4.69, 9.17) is 9.73 Å². The van der Waals surface area contributed by atoms with Crippen molar-refractivity contribution in [3.05, 3.63) is 76.9 Å². The van der Waals surface area contributed by atoms with Crippen molar-refractivity contribution in [1.82, 2.24) is 14.8 Å². The Morgan fingerprint density at radius 2 is 1.89 bits per heavy atom. The van der Waals surface area contributed by atoms with Gasteiger partial charge in [-0.05, 0) is 26.0 Å². The van der Waals surface area contributed by atoms with Gasteiger partial charge in [0.2, 0.25) is 0 Å². The van der Waals surface area contributed by atoms with Crippen molar-refractivity contribution in [3.8, 4) is 5.69 Å². The monoisotopic (exact) mass is 360 g/mol. The molecule has 2 heterocycles. The molecule has 136 valence electrons. The maximum atomic E-state index is 12.0.